The largest absolute Gasteiger partial charge is 0.393 e. The zero-order valence-electron chi connectivity index (χ0n) is 13.1. The number of hydrogen-bond acceptors (Lipinski definition) is 3. The van der Waals surface area contributed by atoms with Gasteiger partial charge in [-0.25, -0.2) is 4.68 Å². The summed E-state index contributed by atoms with van der Waals surface area (Å²) in [5.74, 6) is 0. The smallest absolute Gasteiger partial charge is 0.294 e. The molecule has 0 saturated heterocycles. The first-order chi connectivity index (χ1) is 10.0. The molecule has 1 aromatic heterocycles. The molecule has 1 heterocycles. The van der Waals surface area contributed by atoms with Crippen LogP contribution in [0.5, 0.6) is 0 Å². The normalized spacial score (nSPS) is 11.0. The molecule has 0 aliphatic heterocycles. The molecular weight excluding hydrogens is 266 g/mol. The monoisotopic (exact) mass is 289 g/mol. The lowest BCUT2D eigenvalue weighted by Crippen LogP contribution is -2.23. The molecule has 0 aliphatic carbocycles. The van der Waals surface area contributed by atoms with Crippen LogP contribution < -0.4 is 11.3 Å². The molecule has 0 bridgehead atoms. The van der Waals surface area contributed by atoms with Gasteiger partial charge in [0.25, 0.3) is 5.56 Å². The van der Waals surface area contributed by atoms with E-state index in [0.29, 0.717) is 6.61 Å². The second kappa shape index (κ2) is 6.18. The first-order valence-corrected chi connectivity index (χ1v) is 7.18. The van der Waals surface area contributed by atoms with Crippen molar-refractivity contribution in [2.75, 3.05) is 12.8 Å². The first kappa shape index (κ1) is 15.4. The van der Waals surface area contributed by atoms with Crippen LogP contribution in [0.3, 0.4) is 0 Å². The third-order valence-electron chi connectivity index (χ3n) is 3.58. The summed E-state index contributed by atoms with van der Waals surface area (Å²) < 4.78 is 8.79. The van der Waals surface area contributed by atoms with Gasteiger partial charge >= 0.3 is 0 Å². The van der Waals surface area contributed by atoms with E-state index in [-0.39, 0.29) is 11.2 Å². The van der Waals surface area contributed by atoms with Crippen molar-refractivity contribution in [1.82, 2.24) is 9.36 Å². The van der Waals surface area contributed by atoms with Crippen LogP contribution in [0.4, 0.5) is 5.69 Å². The molecule has 0 spiro atoms. The Bertz CT molecular complexity index is 698. The summed E-state index contributed by atoms with van der Waals surface area (Å²) in [5, 5.41) is 0. The summed E-state index contributed by atoms with van der Waals surface area (Å²) in [7, 11) is 1.61. The number of nitrogens with zero attached hydrogens (tertiary/aromatic N) is 2. The van der Waals surface area contributed by atoms with Crippen molar-refractivity contribution in [3.8, 4) is 5.69 Å². The molecule has 1 aromatic carbocycles. The maximum Gasteiger partial charge on any atom is 0.294 e. The highest BCUT2D eigenvalue weighted by Crippen LogP contribution is 2.19. The number of methoxy groups -OCH3 is 1. The molecule has 5 heteroatoms. The predicted molar refractivity (Wildman–Crippen MR) is 84.9 cm³/mol. The fourth-order valence-corrected chi connectivity index (χ4v) is 2.63. The zero-order chi connectivity index (χ0) is 15.6. The lowest BCUT2D eigenvalue weighted by molar-refractivity contribution is 0.176. The Kier molecular flexibility index (Phi) is 4.53. The summed E-state index contributed by atoms with van der Waals surface area (Å²) in [6, 6.07) is 6.04. The van der Waals surface area contributed by atoms with E-state index in [9.17, 15) is 4.79 Å². The van der Waals surface area contributed by atoms with Gasteiger partial charge in [-0.3, -0.25) is 9.48 Å². The van der Waals surface area contributed by atoms with Gasteiger partial charge in [-0.2, -0.15) is 0 Å². The molecule has 0 saturated carbocycles. The van der Waals surface area contributed by atoms with Crippen LogP contribution in [0, 0.1) is 13.8 Å². The summed E-state index contributed by atoms with van der Waals surface area (Å²) >= 11 is 0. The molecule has 2 N–H and O–H groups in total. The van der Waals surface area contributed by atoms with Gasteiger partial charge in [-0.15, -0.1) is 0 Å². The van der Waals surface area contributed by atoms with Crippen molar-refractivity contribution in [2.24, 2.45) is 0 Å². The number of nitrogen functional groups attached to an aromatic ring is 1. The number of aromatic nitrogens is 2. The topological polar surface area (TPSA) is 62.2 Å². The van der Waals surface area contributed by atoms with Crippen molar-refractivity contribution in [2.45, 2.75) is 40.3 Å². The van der Waals surface area contributed by atoms with Crippen LogP contribution in [-0.2, 0) is 17.9 Å². The molecule has 0 aliphatic rings. The number of nitrogens with two attached hydrogens (primary N) is 1. The Morgan fingerprint density at radius 3 is 2.57 bits per heavy atom. The van der Waals surface area contributed by atoms with E-state index in [1.807, 2.05) is 30.7 Å². The molecule has 0 atom stereocenters. The highest BCUT2D eigenvalue weighted by Gasteiger charge is 2.19. The van der Waals surface area contributed by atoms with E-state index in [1.54, 1.807) is 11.8 Å². The Morgan fingerprint density at radius 1 is 1.29 bits per heavy atom. The van der Waals surface area contributed by atoms with E-state index in [0.717, 1.165) is 29.9 Å². The molecule has 0 fully saturated rings. The second-order valence-corrected chi connectivity index (χ2v) is 5.32. The Hall–Kier alpha value is -2.01. The molecule has 2 rings (SSSR count). The molecular formula is C16H23N3O2. The van der Waals surface area contributed by atoms with Crippen LogP contribution in [0.25, 0.3) is 5.69 Å². The fraction of sp³-hybridized carbons (Fsp3) is 0.438. The lowest BCUT2D eigenvalue weighted by atomic mass is 10.1. The number of ether oxygens (including phenoxy) is 1. The van der Waals surface area contributed by atoms with Crippen molar-refractivity contribution in [3.05, 3.63) is 45.4 Å². The average Bonchev–Trinajstić information content (AvgIpc) is 2.66. The third-order valence-corrected chi connectivity index (χ3v) is 3.58. The number of hydrogen-bond donors (Lipinski definition) is 1. The maximum atomic E-state index is 12.6. The second-order valence-electron chi connectivity index (χ2n) is 5.32. The molecule has 0 radical (unpaired) electrons. The minimum Gasteiger partial charge on any atom is -0.393 e. The molecule has 21 heavy (non-hydrogen) atoms. The highest BCUT2D eigenvalue weighted by atomic mass is 16.5. The minimum absolute atomic E-state index is 0.178. The minimum atomic E-state index is -0.178. The number of benzene rings is 1. The van der Waals surface area contributed by atoms with E-state index in [4.69, 9.17) is 10.5 Å². The molecule has 0 amide bonds. The van der Waals surface area contributed by atoms with Crippen LogP contribution in [0.1, 0.15) is 30.2 Å². The van der Waals surface area contributed by atoms with Gasteiger partial charge in [0, 0.05) is 13.7 Å². The van der Waals surface area contributed by atoms with Gasteiger partial charge < -0.3 is 10.5 Å². The Morgan fingerprint density at radius 2 is 2.00 bits per heavy atom. The van der Waals surface area contributed by atoms with Crippen molar-refractivity contribution >= 4 is 5.69 Å². The number of anilines is 1. The first-order valence-electron chi connectivity index (χ1n) is 7.18. The fourth-order valence-electron chi connectivity index (χ4n) is 2.63. The lowest BCUT2D eigenvalue weighted by Gasteiger charge is -2.16. The van der Waals surface area contributed by atoms with Crippen LogP contribution in [-0.4, -0.2) is 16.5 Å². The van der Waals surface area contributed by atoms with Gasteiger partial charge in [-0.1, -0.05) is 24.6 Å². The molecule has 0 unspecified atom stereocenters. The van der Waals surface area contributed by atoms with Crippen molar-refractivity contribution in [1.29, 1.82) is 0 Å². The van der Waals surface area contributed by atoms with Gasteiger partial charge in [0.15, 0.2) is 0 Å². The van der Waals surface area contributed by atoms with Gasteiger partial charge in [-0.05, 0) is 31.9 Å². The summed E-state index contributed by atoms with van der Waals surface area (Å²) in [4.78, 5) is 12.6. The van der Waals surface area contributed by atoms with E-state index >= 15 is 0 Å². The average molecular weight is 289 g/mol. The van der Waals surface area contributed by atoms with Crippen LogP contribution >= 0.6 is 0 Å². The molecule has 2 aromatic rings. The summed E-state index contributed by atoms with van der Waals surface area (Å²) in [5.41, 5.74) is 9.92. The third kappa shape index (κ3) is 2.74. The van der Waals surface area contributed by atoms with Gasteiger partial charge in [0.2, 0.25) is 0 Å². The zero-order valence-corrected chi connectivity index (χ0v) is 13.1. The highest BCUT2D eigenvalue weighted by molar-refractivity contribution is 5.48. The van der Waals surface area contributed by atoms with Gasteiger partial charge in [0.1, 0.15) is 5.69 Å². The standard InChI is InChI=1S/C16H23N3O2/c1-5-8-18-14(10-21-4)15(17)16(20)19(18)13-7-6-11(2)9-12(13)3/h6-7,9H,5,8,10,17H2,1-4H3. The van der Waals surface area contributed by atoms with E-state index in [2.05, 4.69) is 13.0 Å². The summed E-state index contributed by atoms with van der Waals surface area (Å²) in [6.07, 6.45) is 0.912. The Labute approximate surface area is 124 Å². The maximum absolute atomic E-state index is 12.6. The Balaban J connectivity index is 2.72. The number of rotatable bonds is 5. The molecule has 114 valence electrons. The molecule has 5 nitrogen and oxygen atoms in total. The van der Waals surface area contributed by atoms with Crippen LogP contribution in [0.2, 0.25) is 0 Å². The van der Waals surface area contributed by atoms with Gasteiger partial charge in [0.05, 0.1) is 18.0 Å². The van der Waals surface area contributed by atoms with Crippen LogP contribution in [0.15, 0.2) is 23.0 Å². The van der Waals surface area contributed by atoms with E-state index < -0.39 is 0 Å². The quantitative estimate of drug-likeness (QED) is 0.919. The number of aryl methyl sites for hydroxylation is 2. The van der Waals surface area contributed by atoms with Crippen molar-refractivity contribution in [3.63, 3.8) is 0 Å². The summed E-state index contributed by atoms with van der Waals surface area (Å²) in [6.45, 7) is 7.17. The predicted octanol–water partition coefficient (Wildman–Crippen LogP) is 2.39. The SMILES string of the molecule is CCCn1c(COC)c(N)c(=O)n1-c1ccc(C)cc1C. The van der Waals surface area contributed by atoms with Crippen molar-refractivity contribution < 1.29 is 4.74 Å². The van der Waals surface area contributed by atoms with E-state index in [1.165, 1.54) is 5.56 Å².